The van der Waals surface area contributed by atoms with Gasteiger partial charge in [-0.05, 0) is 63.1 Å². The van der Waals surface area contributed by atoms with Crippen molar-refractivity contribution < 1.29 is 0 Å². The molecule has 0 bridgehead atoms. The minimum atomic E-state index is 0.673. The van der Waals surface area contributed by atoms with Crippen LogP contribution < -0.4 is 0 Å². The van der Waals surface area contributed by atoms with Gasteiger partial charge in [0.2, 0.25) is 0 Å². The Bertz CT molecular complexity index is 406. The predicted molar refractivity (Wildman–Crippen MR) is 76.9 cm³/mol. The molecule has 1 atom stereocenters. The largest absolute Gasteiger partial charge is 0.294 e. The number of likely N-dealkylation sites (tertiary alicyclic amines) is 1. The lowest BCUT2D eigenvalue weighted by Gasteiger charge is -2.34. The van der Waals surface area contributed by atoms with E-state index in [9.17, 15) is 0 Å². The number of nitrogens with zero attached hydrogens (tertiary/aromatic N) is 1. The molecule has 1 aromatic carbocycles. The first kappa shape index (κ1) is 12.2. The molecule has 2 aliphatic rings. The van der Waals surface area contributed by atoms with E-state index in [0.29, 0.717) is 12.1 Å². The van der Waals surface area contributed by atoms with Crippen LogP contribution in [-0.2, 0) is 0 Å². The first-order valence-corrected chi connectivity index (χ1v) is 7.62. The van der Waals surface area contributed by atoms with Crippen molar-refractivity contribution in [3.63, 3.8) is 0 Å². The Kier molecular flexibility index (Phi) is 3.43. The van der Waals surface area contributed by atoms with Gasteiger partial charge in [0.15, 0.2) is 0 Å². The summed E-state index contributed by atoms with van der Waals surface area (Å²) in [6.07, 6.45) is 6.96. The van der Waals surface area contributed by atoms with Gasteiger partial charge in [-0.1, -0.05) is 30.7 Å². The Morgan fingerprint density at radius 2 is 1.72 bits per heavy atom. The van der Waals surface area contributed by atoms with Crippen LogP contribution in [-0.4, -0.2) is 17.5 Å². The minimum absolute atomic E-state index is 0.673. The maximum atomic E-state index is 2.69. The van der Waals surface area contributed by atoms with Crippen LogP contribution in [0, 0.1) is 0 Å². The van der Waals surface area contributed by atoms with Crippen molar-refractivity contribution in [2.75, 3.05) is 6.54 Å². The molecule has 1 nitrogen and oxygen atoms in total. The van der Waals surface area contributed by atoms with Gasteiger partial charge in [-0.3, -0.25) is 4.90 Å². The topological polar surface area (TPSA) is 3.24 Å². The summed E-state index contributed by atoms with van der Waals surface area (Å²) in [7, 11) is 0. The molecule has 0 spiro atoms. The van der Waals surface area contributed by atoms with Crippen molar-refractivity contribution in [2.45, 2.75) is 64.0 Å². The van der Waals surface area contributed by atoms with Gasteiger partial charge >= 0.3 is 0 Å². The Morgan fingerprint density at radius 1 is 1.00 bits per heavy atom. The summed E-state index contributed by atoms with van der Waals surface area (Å²) in [6, 6.07) is 10.6. The Hall–Kier alpha value is -0.820. The molecular weight excluding hydrogens is 218 g/mol. The van der Waals surface area contributed by atoms with Gasteiger partial charge in [0, 0.05) is 12.1 Å². The summed E-state index contributed by atoms with van der Waals surface area (Å²) in [5.74, 6) is 0.857. The van der Waals surface area contributed by atoms with Crippen LogP contribution in [0.4, 0.5) is 0 Å². The molecule has 1 heteroatoms. The fourth-order valence-electron chi connectivity index (χ4n) is 3.65. The third-order valence-corrected chi connectivity index (χ3v) is 4.86. The second-order valence-electron chi connectivity index (χ2n) is 6.25. The van der Waals surface area contributed by atoms with E-state index in [1.165, 1.54) is 38.6 Å². The SMILES string of the molecule is CC(C)N1CCCC1c1ccccc1C1CCC1. The molecule has 1 saturated heterocycles. The summed E-state index contributed by atoms with van der Waals surface area (Å²) in [4.78, 5) is 2.69. The fourth-order valence-corrected chi connectivity index (χ4v) is 3.65. The second-order valence-corrected chi connectivity index (χ2v) is 6.25. The second kappa shape index (κ2) is 5.05. The van der Waals surface area contributed by atoms with Crippen molar-refractivity contribution >= 4 is 0 Å². The van der Waals surface area contributed by atoms with Crippen LogP contribution in [0.3, 0.4) is 0 Å². The van der Waals surface area contributed by atoms with E-state index in [1.54, 1.807) is 11.1 Å². The third-order valence-electron chi connectivity index (χ3n) is 4.86. The van der Waals surface area contributed by atoms with Gasteiger partial charge in [0.25, 0.3) is 0 Å². The van der Waals surface area contributed by atoms with E-state index in [4.69, 9.17) is 0 Å². The fraction of sp³-hybridized carbons (Fsp3) is 0.647. The maximum absolute atomic E-state index is 2.69. The Morgan fingerprint density at radius 3 is 2.33 bits per heavy atom. The summed E-state index contributed by atoms with van der Waals surface area (Å²) in [5.41, 5.74) is 3.29. The molecule has 1 heterocycles. The molecular formula is C17H25N. The first-order valence-electron chi connectivity index (χ1n) is 7.62. The van der Waals surface area contributed by atoms with Crippen molar-refractivity contribution in [3.05, 3.63) is 35.4 Å². The van der Waals surface area contributed by atoms with Crippen LogP contribution in [0.1, 0.15) is 69.0 Å². The highest BCUT2D eigenvalue weighted by atomic mass is 15.2. The normalized spacial score (nSPS) is 25.6. The lowest BCUT2D eigenvalue weighted by molar-refractivity contribution is 0.203. The van der Waals surface area contributed by atoms with Gasteiger partial charge in [-0.25, -0.2) is 0 Å². The minimum Gasteiger partial charge on any atom is -0.294 e. The molecule has 1 aliphatic carbocycles. The van der Waals surface area contributed by atoms with Gasteiger partial charge in [0.1, 0.15) is 0 Å². The summed E-state index contributed by atoms with van der Waals surface area (Å²) >= 11 is 0. The molecule has 18 heavy (non-hydrogen) atoms. The lowest BCUT2D eigenvalue weighted by Crippen LogP contribution is -2.31. The molecule has 3 rings (SSSR count). The lowest BCUT2D eigenvalue weighted by atomic mass is 9.77. The van der Waals surface area contributed by atoms with E-state index < -0.39 is 0 Å². The molecule has 0 radical (unpaired) electrons. The zero-order valence-electron chi connectivity index (χ0n) is 11.7. The van der Waals surface area contributed by atoms with Gasteiger partial charge < -0.3 is 0 Å². The van der Waals surface area contributed by atoms with E-state index in [-0.39, 0.29) is 0 Å². The smallest absolute Gasteiger partial charge is 0.0354 e. The standard InChI is InChI=1S/C17H25N/c1-13(2)18-12-6-11-17(18)16-10-4-3-9-15(16)14-7-5-8-14/h3-4,9-10,13-14,17H,5-8,11-12H2,1-2H3. The van der Waals surface area contributed by atoms with Crippen molar-refractivity contribution in [1.82, 2.24) is 4.90 Å². The molecule has 0 N–H and O–H groups in total. The summed E-state index contributed by atoms with van der Waals surface area (Å²) < 4.78 is 0. The molecule has 1 aliphatic heterocycles. The maximum Gasteiger partial charge on any atom is 0.0354 e. The quantitative estimate of drug-likeness (QED) is 0.755. The average molecular weight is 243 g/mol. The molecule has 2 fully saturated rings. The summed E-state index contributed by atoms with van der Waals surface area (Å²) in [6.45, 7) is 5.95. The highest BCUT2D eigenvalue weighted by molar-refractivity contribution is 5.34. The van der Waals surface area contributed by atoms with Crippen LogP contribution >= 0.6 is 0 Å². The number of hydrogen-bond acceptors (Lipinski definition) is 1. The van der Waals surface area contributed by atoms with Crippen LogP contribution in [0.25, 0.3) is 0 Å². The molecule has 98 valence electrons. The van der Waals surface area contributed by atoms with E-state index in [2.05, 4.69) is 43.0 Å². The van der Waals surface area contributed by atoms with Crippen molar-refractivity contribution in [1.29, 1.82) is 0 Å². The summed E-state index contributed by atoms with van der Waals surface area (Å²) in [5, 5.41) is 0. The van der Waals surface area contributed by atoms with Gasteiger partial charge in [0.05, 0.1) is 0 Å². The van der Waals surface area contributed by atoms with E-state index in [0.717, 1.165) is 5.92 Å². The number of benzene rings is 1. The average Bonchev–Trinajstić information content (AvgIpc) is 2.76. The third kappa shape index (κ3) is 2.09. The van der Waals surface area contributed by atoms with Crippen LogP contribution in [0.15, 0.2) is 24.3 Å². The van der Waals surface area contributed by atoms with Crippen molar-refractivity contribution in [2.24, 2.45) is 0 Å². The van der Waals surface area contributed by atoms with Gasteiger partial charge in [-0.15, -0.1) is 0 Å². The Balaban J connectivity index is 1.90. The monoisotopic (exact) mass is 243 g/mol. The van der Waals surface area contributed by atoms with Crippen molar-refractivity contribution in [3.8, 4) is 0 Å². The molecule has 0 amide bonds. The first-order chi connectivity index (χ1) is 8.77. The molecule has 1 aromatic rings. The van der Waals surface area contributed by atoms with Crippen LogP contribution in [0.5, 0.6) is 0 Å². The molecule has 1 saturated carbocycles. The van der Waals surface area contributed by atoms with E-state index in [1.807, 2.05) is 0 Å². The van der Waals surface area contributed by atoms with Crippen LogP contribution in [0.2, 0.25) is 0 Å². The van der Waals surface area contributed by atoms with Gasteiger partial charge in [-0.2, -0.15) is 0 Å². The molecule has 0 aromatic heterocycles. The highest BCUT2D eigenvalue weighted by Gasteiger charge is 2.31. The predicted octanol–water partition coefficient (Wildman–Crippen LogP) is 4.50. The zero-order valence-corrected chi connectivity index (χ0v) is 11.7. The molecule has 1 unspecified atom stereocenters. The number of rotatable bonds is 3. The zero-order chi connectivity index (χ0) is 12.5. The Labute approximate surface area is 111 Å². The van der Waals surface area contributed by atoms with E-state index >= 15 is 0 Å². The number of hydrogen-bond donors (Lipinski definition) is 0. The highest BCUT2D eigenvalue weighted by Crippen LogP contribution is 2.43.